The fourth-order valence-corrected chi connectivity index (χ4v) is 3.39. The topological polar surface area (TPSA) is 65.0 Å². The van der Waals surface area contributed by atoms with E-state index < -0.39 is 7.82 Å². The van der Waals surface area contributed by atoms with Crippen molar-refractivity contribution in [2.45, 2.75) is 117 Å². The van der Waals surface area contributed by atoms with Gasteiger partial charge in [0.05, 0.1) is 12.7 Å². The minimum atomic E-state index is -4.07. The molecule has 0 bridgehead atoms. The van der Waals surface area contributed by atoms with Crippen molar-refractivity contribution in [1.82, 2.24) is 0 Å². The Morgan fingerprint density at radius 1 is 0.800 bits per heavy atom. The summed E-state index contributed by atoms with van der Waals surface area (Å²) in [6, 6.07) is 0. The molecule has 0 aliphatic carbocycles. The highest BCUT2D eigenvalue weighted by atomic mass is 31.2. The molecular weight excluding hydrogens is 339 g/mol. The summed E-state index contributed by atoms with van der Waals surface area (Å²) in [5, 5.41) is 0. The highest BCUT2D eigenvalue weighted by molar-refractivity contribution is 7.47. The molecule has 0 aliphatic rings. The van der Waals surface area contributed by atoms with Crippen LogP contribution in [-0.2, 0) is 18.7 Å². The molecule has 0 amide bonds. The first-order chi connectivity index (χ1) is 12.1. The second kappa shape index (κ2) is 17.5. The van der Waals surface area contributed by atoms with Gasteiger partial charge < -0.3 is 4.89 Å². The van der Waals surface area contributed by atoms with Crippen LogP contribution in [0.15, 0.2) is 0 Å². The van der Waals surface area contributed by atoms with Gasteiger partial charge in [0.1, 0.15) is 0 Å². The first-order valence-corrected chi connectivity index (χ1v) is 11.9. The molecule has 0 spiro atoms. The number of rotatable bonds is 19. The minimum absolute atomic E-state index is 0.149. The zero-order valence-corrected chi connectivity index (χ0v) is 17.6. The second-order valence-corrected chi connectivity index (χ2v) is 8.17. The summed E-state index contributed by atoms with van der Waals surface area (Å²) < 4.78 is 20.9. The van der Waals surface area contributed by atoms with Crippen molar-refractivity contribution in [3.63, 3.8) is 0 Å². The van der Waals surface area contributed by atoms with Crippen LogP contribution in [0.3, 0.4) is 0 Å². The summed E-state index contributed by atoms with van der Waals surface area (Å²) in [6.45, 7) is 6.29. The SMILES string of the molecule is CCCCCCCCCCCCCC(CC)OOP(=O)(O)OCCC. The molecule has 25 heavy (non-hydrogen) atoms. The molecule has 0 saturated carbocycles. The van der Waals surface area contributed by atoms with Crippen LogP contribution in [-0.4, -0.2) is 17.6 Å². The average molecular weight is 381 g/mol. The summed E-state index contributed by atoms with van der Waals surface area (Å²) in [4.78, 5) is 14.5. The average Bonchev–Trinajstić information content (AvgIpc) is 2.60. The monoisotopic (exact) mass is 380 g/mol. The van der Waals surface area contributed by atoms with Crippen molar-refractivity contribution in [2.24, 2.45) is 0 Å². The van der Waals surface area contributed by atoms with E-state index in [4.69, 9.17) is 9.41 Å². The molecule has 2 atom stereocenters. The molecule has 0 radical (unpaired) electrons. The summed E-state index contributed by atoms with van der Waals surface area (Å²) in [5.41, 5.74) is 0. The van der Waals surface area contributed by atoms with Crippen LogP contribution in [0.25, 0.3) is 0 Å². The highest BCUT2D eigenvalue weighted by Gasteiger charge is 2.24. The molecule has 0 heterocycles. The van der Waals surface area contributed by atoms with E-state index in [2.05, 4.69) is 11.6 Å². The molecule has 0 rings (SSSR count). The third kappa shape index (κ3) is 17.3. The van der Waals surface area contributed by atoms with Crippen molar-refractivity contribution < 1.29 is 23.5 Å². The van der Waals surface area contributed by atoms with E-state index in [0.717, 1.165) is 19.3 Å². The molecule has 0 aliphatic heterocycles. The summed E-state index contributed by atoms with van der Waals surface area (Å²) in [7, 11) is -4.07. The lowest BCUT2D eigenvalue weighted by molar-refractivity contribution is -0.261. The fourth-order valence-electron chi connectivity index (χ4n) is 2.70. The summed E-state index contributed by atoms with van der Waals surface area (Å²) in [5.74, 6) is 0. The number of unbranched alkanes of at least 4 members (excludes halogenated alkanes) is 10. The summed E-state index contributed by atoms with van der Waals surface area (Å²) >= 11 is 0. The van der Waals surface area contributed by atoms with Crippen molar-refractivity contribution >= 4 is 7.82 Å². The van der Waals surface area contributed by atoms with Crippen LogP contribution in [0.1, 0.15) is 111 Å². The lowest BCUT2D eigenvalue weighted by Gasteiger charge is -2.16. The van der Waals surface area contributed by atoms with E-state index in [1.54, 1.807) is 0 Å². The standard InChI is InChI=1S/C19H41O5P/c1-4-7-8-9-10-11-12-13-14-15-16-17-19(6-3)23-24-25(20,21)22-18-5-2/h19H,4-18H2,1-3H3,(H,20,21). The van der Waals surface area contributed by atoms with Gasteiger partial charge in [0.2, 0.25) is 0 Å². The van der Waals surface area contributed by atoms with E-state index in [-0.39, 0.29) is 12.7 Å². The van der Waals surface area contributed by atoms with Crippen LogP contribution in [0, 0.1) is 0 Å². The molecule has 0 aromatic heterocycles. The molecule has 0 aromatic carbocycles. The number of phosphoric ester groups is 1. The van der Waals surface area contributed by atoms with E-state index in [0.29, 0.717) is 6.42 Å². The van der Waals surface area contributed by atoms with E-state index in [1.165, 1.54) is 64.2 Å². The predicted octanol–water partition coefficient (Wildman–Crippen LogP) is 6.94. The van der Waals surface area contributed by atoms with Gasteiger partial charge in [-0.05, 0) is 19.3 Å². The van der Waals surface area contributed by atoms with Gasteiger partial charge in [0.15, 0.2) is 0 Å². The third-order valence-electron chi connectivity index (χ3n) is 4.32. The molecule has 1 N–H and O–H groups in total. The van der Waals surface area contributed by atoms with E-state index in [9.17, 15) is 9.46 Å². The number of hydrogen-bond donors (Lipinski definition) is 1. The Morgan fingerprint density at radius 3 is 1.80 bits per heavy atom. The normalized spacial score (nSPS) is 15.2. The second-order valence-electron chi connectivity index (χ2n) is 6.83. The molecule has 0 aromatic rings. The molecular formula is C19H41O5P. The Kier molecular flexibility index (Phi) is 17.5. The molecule has 152 valence electrons. The summed E-state index contributed by atoms with van der Waals surface area (Å²) in [6.07, 6.45) is 16.5. The third-order valence-corrected chi connectivity index (χ3v) is 5.10. The van der Waals surface area contributed by atoms with E-state index >= 15 is 0 Å². The van der Waals surface area contributed by atoms with Gasteiger partial charge in [-0.15, -0.1) is 4.67 Å². The maximum Gasteiger partial charge on any atom is 0.499 e. The van der Waals surface area contributed by atoms with Gasteiger partial charge in [0.25, 0.3) is 0 Å². The number of phosphoric acid groups is 1. The quantitative estimate of drug-likeness (QED) is 0.114. The van der Waals surface area contributed by atoms with Gasteiger partial charge in [-0.1, -0.05) is 91.4 Å². The van der Waals surface area contributed by atoms with Gasteiger partial charge >= 0.3 is 7.82 Å². The maximum absolute atomic E-state index is 11.5. The maximum atomic E-state index is 11.5. The largest absolute Gasteiger partial charge is 0.499 e. The Balaban J connectivity index is 3.53. The fraction of sp³-hybridized carbons (Fsp3) is 1.00. The van der Waals surface area contributed by atoms with Crippen molar-refractivity contribution in [3.8, 4) is 0 Å². The molecule has 2 unspecified atom stereocenters. The minimum Gasteiger partial charge on any atom is -0.301 e. The van der Waals surface area contributed by atoms with Crippen LogP contribution < -0.4 is 0 Å². The lowest BCUT2D eigenvalue weighted by Crippen LogP contribution is -2.12. The van der Waals surface area contributed by atoms with Crippen LogP contribution in [0.4, 0.5) is 0 Å². The van der Waals surface area contributed by atoms with Crippen LogP contribution >= 0.6 is 7.82 Å². The predicted molar refractivity (Wildman–Crippen MR) is 103 cm³/mol. The van der Waals surface area contributed by atoms with Gasteiger partial charge in [0, 0.05) is 0 Å². The van der Waals surface area contributed by atoms with E-state index in [1.807, 2.05) is 13.8 Å². The molecule has 0 saturated heterocycles. The first kappa shape index (κ1) is 25.1. The Hall–Kier alpha value is 0.0700. The molecule has 5 nitrogen and oxygen atoms in total. The number of hydrogen-bond acceptors (Lipinski definition) is 4. The first-order valence-electron chi connectivity index (χ1n) is 10.4. The van der Waals surface area contributed by atoms with Crippen molar-refractivity contribution in [3.05, 3.63) is 0 Å². The van der Waals surface area contributed by atoms with Gasteiger partial charge in [-0.25, -0.2) is 9.45 Å². The Morgan fingerprint density at radius 2 is 1.32 bits per heavy atom. The lowest BCUT2D eigenvalue weighted by atomic mass is 10.0. The van der Waals surface area contributed by atoms with Crippen LogP contribution in [0.5, 0.6) is 0 Å². The Bertz CT molecular complexity index is 325. The van der Waals surface area contributed by atoms with Crippen molar-refractivity contribution in [1.29, 1.82) is 0 Å². The zero-order chi connectivity index (χ0) is 18.8. The van der Waals surface area contributed by atoms with Crippen LogP contribution in [0.2, 0.25) is 0 Å². The zero-order valence-electron chi connectivity index (χ0n) is 16.7. The molecule has 6 heteroatoms. The highest BCUT2D eigenvalue weighted by Crippen LogP contribution is 2.44. The van der Waals surface area contributed by atoms with Crippen molar-refractivity contribution in [2.75, 3.05) is 6.61 Å². The Labute approximate surface area is 155 Å². The smallest absolute Gasteiger partial charge is 0.301 e. The van der Waals surface area contributed by atoms with Gasteiger partial charge in [-0.3, -0.25) is 4.52 Å². The molecule has 0 fully saturated rings. The van der Waals surface area contributed by atoms with Gasteiger partial charge in [-0.2, -0.15) is 0 Å².